The predicted molar refractivity (Wildman–Crippen MR) is 80.9 cm³/mol. The third kappa shape index (κ3) is 3.49. The summed E-state index contributed by atoms with van der Waals surface area (Å²) in [4.78, 5) is 4.37. The van der Waals surface area contributed by atoms with E-state index < -0.39 is 0 Å². The SMILES string of the molecule is Fc1ccccc1N1CCN(Cc2ccc(Cl)nn2)CC1. The molecule has 2 heterocycles. The van der Waals surface area contributed by atoms with E-state index >= 15 is 0 Å². The third-order valence-corrected chi connectivity index (χ3v) is 3.84. The van der Waals surface area contributed by atoms with E-state index in [0.717, 1.165) is 38.4 Å². The second kappa shape index (κ2) is 6.37. The highest BCUT2D eigenvalue weighted by Crippen LogP contribution is 2.20. The molecule has 1 saturated heterocycles. The van der Waals surface area contributed by atoms with Gasteiger partial charge in [-0.25, -0.2) is 4.39 Å². The van der Waals surface area contributed by atoms with E-state index in [9.17, 15) is 4.39 Å². The minimum absolute atomic E-state index is 0.158. The molecule has 1 aromatic heterocycles. The molecule has 0 unspecified atom stereocenters. The number of para-hydroxylation sites is 1. The van der Waals surface area contributed by atoms with Crippen LogP contribution in [0.5, 0.6) is 0 Å². The van der Waals surface area contributed by atoms with Crippen LogP contribution in [0.25, 0.3) is 0 Å². The first-order valence-electron chi connectivity index (χ1n) is 6.92. The second-order valence-corrected chi connectivity index (χ2v) is 5.45. The predicted octanol–water partition coefficient (Wildman–Crippen LogP) is 2.59. The van der Waals surface area contributed by atoms with Crippen LogP contribution < -0.4 is 4.90 Å². The average Bonchev–Trinajstić information content (AvgIpc) is 2.51. The smallest absolute Gasteiger partial charge is 0.151 e. The zero-order valence-corrected chi connectivity index (χ0v) is 12.3. The van der Waals surface area contributed by atoms with Crippen molar-refractivity contribution in [2.45, 2.75) is 6.54 Å². The molecule has 6 heteroatoms. The lowest BCUT2D eigenvalue weighted by atomic mass is 10.2. The first-order valence-corrected chi connectivity index (χ1v) is 7.30. The van der Waals surface area contributed by atoms with Crippen LogP contribution in [-0.2, 0) is 6.54 Å². The molecule has 0 aliphatic carbocycles. The summed E-state index contributed by atoms with van der Waals surface area (Å²) >= 11 is 5.73. The molecule has 0 radical (unpaired) electrons. The lowest BCUT2D eigenvalue weighted by Gasteiger charge is -2.35. The summed E-state index contributed by atoms with van der Waals surface area (Å²) in [5.74, 6) is -0.158. The zero-order valence-electron chi connectivity index (χ0n) is 11.5. The molecule has 0 saturated carbocycles. The van der Waals surface area contributed by atoms with Crippen molar-refractivity contribution in [2.75, 3.05) is 31.1 Å². The fraction of sp³-hybridized carbons (Fsp3) is 0.333. The molecule has 1 aliphatic rings. The Balaban J connectivity index is 1.58. The van der Waals surface area contributed by atoms with E-state index in [4.69, 9.17) is 11.6 Å². The van der Waals surface area contributed by atoms with Crippen molar-refractivity contribution in [1.29, 1.82) is 0 Å². The van der Waals surface area contributed by atoms with Gasteiger partial charge in [-0.15, -0.1) is 5.10 Å². The number of rotatable bonds is 3. The molecule has 2 aromatic rings. The number of anilines is 1. The maximum atomic E-state index is 13.8. The Kier molecular flexibility index (Phi) is 4.31. The van der Waals surface area contributed by atoms with E-state index in [-0.39, 0.29) is 5.82 Å². The highest BCUT2D eigenvalue weighted by Gasteiger charge is 2.19. The molecule has 21 heavy (non-hydrogen) atoms. The van der Waals surface area contributed by atoms with Gasteiger partial charge in [-0.3, -0.25) is 4.90 Å². The molecule has 0 amide bonds. The molecule has 0 N–H and O–H groups in total. The van der Waals surface area contributed by atoms with Crippen LogP contribution in [0.3, 0.4) is 0 Å². The standard InChI is InChI=1S/C15H16ClFN4/c16-15-6-5-12(18-19-15)11-20-7-9-21(10-8-20)14-4-2-1-3-13(14)17/h1-6H,7-11H2. The molecule has 4 nitrogen and oxygen atoms in total. The normalized spacial score (nSPS) is 16.2. The molecule has 1 aromatic carbocycles. The van der Waals surface area contributed by atoms with Gasteiger partial charge in [0.2, 0.25) is 0 Å². The number of halogens is 2. The third-order valence-electron chi connectivity index (χ3n) is 3.64. The maximum Gasteiger partial charge on any atom is 0.151 e. The van der Waals surface area contributed by atoms with Gasteiger partial charge in [0.05, 0.1) is 11.4 Å². The molecule has 1 fully saturated rings. The fourth-order valence-corrected chi connectivity index (χ4v) is 2.61. The highest BCUT2D eigenvalue weighted by molar-refractivity contribution is 6.29. The Hall–Kier alpha value is -1.72. The van der Waals surface area contributed by atoms with Gasteiger partial charge in [0.25, 0.3) is 0 Å². The van der Waals surface area contributed by atoms with Crippen molar-refractivity contribution in [3.8, 4) is 0 Å². The molecule has 3 rings (SSSR count). The average molecular weight is 307 g/mol. The molecule has 0 atom stereocenters. The monoisotopic (exact) mass is 306 g/mol. The molecule has 0 bridgehead atoms. The zero-order chi connectivity index (χ0) is 14.7. The number of nitrogens with zero attached hydrogens (tertiary/aromatic N) is 4. The summed E-state index contributed by atoms with van der Waals surface area (Å²) in [7, 11) is 0. The highest BCUT2D eigenvalue weighted by atomic mass is 35.5. The summed E-state index contributed by atoms with van der Waals surface area (Å²) in [6.45, 7) is 4.11. The first kappa shape index (κ1) is 14.2. The van der Waals surface area contributed by atoms with E-state index in [1.165, 1.54) is 6.07 Å². The van der Waals surface area contributed by atoms with Gasteiger partial charge in [0, 0.05) is 32.7 Å². The van der Waals surface area contributed by atoms with Crippen LogP contribution in [0.4, 0.5) is 10.1 Å². The Bertz CT molecular complexity index is 597. The van der Waals surface area contributed by atoms with Crippen molar-refractivity contribution in [3.63, 3.8) is 0 Å². The number of benzene rings is 1. The van der Waals surface area contributed by atoms with Gasteiger partial charge in [-0.2, -0.15) is 5.10 Å². The van der Waals surface area contributed by atoms with Crippen molar-refractivity contribution in [1.82, 2.24) is 15.1 Å². The molecular weight excluding hydrogens is 291 g/mol. The second-order valence-electron chi connectivity index (χ2n) is 5.06. The van der Waals surface area contributed by atoms with Crippen LogP contribution in [0.2, 0.25) is 5.15 Å². The van der Waals surface area contributed by atoms with Crippen molar-refractivity contribution < 1.29 is 4.39 Å². The fourth-order valence-electron chi connectivity index (χ4n) is 2.51. The van der Waals surface area contributed by atoms with E-state index in [2.05, 4.69) is 20.0 Å². The quantitative estimate of drug-likeness (QED) is 0.872. The number of hydrogen-bond acceptors (Lipinski definition) is 4. The van der Waals surface area contributed by atoms with E-state index in [0.29, 0.717) is 10.8 Å². The minimum Gasteiger partial charge on any atom is -0.367 e. The molecular formula is C15H16ClFN4. The Morgan fingerprint density at radius 3 is 2.43 bits per heavy atom. The van der Waals surface area contributed by atoms with Gasteiger partial charge in [0.1, 0.15) is 5.82 Å². The number of aromatic nitrogens is 2. The summed E-state index contributed by atoms with van der Waals surface area (Å²) in [6, 6.07) is 10.6. The lowest BCUT2D eigenvalue weighted by molar-refractivity contribution is 0.245. The molecule has 0 spiro atoms. The number of hydrogen-bond donors (Lipinski definition) is 0. The summed E-state index contributed by atoms with van der Waals surface area (Å²) in [5, 5.41) is 8.32. The van der Waals surface area contributed by atoms with Gasteiger partial charge in [-0.1, -0.05) is 23.7 Å². The van der Waals surface area contributed by atoms with Gasteiger partial charge >= 0.3 is 0 Å². The minimum atomic E-state index is -0.158. The lowest BCUT2D eigenvalue weighted by Crippen LogP contribution is -2.46. The van der Waals surface area contributed by atoms with E-state index in [1.54, 1.807) is 12.1 Å². The summed E-state index contributed by atoms with van der Waals surface area (Å²) in [5.41, 5.74) is 1.59. The Labute approximate surface area is 128 Å². The van der Waals surface area contributed by atoms with Gasteiger partial charge in [-0.05, 0) is 24.3 Å². The van der Waals surface area contributed by atoms with Gasteiger partial charge < -0.3 is 4.90 Å². The summed E-state index contributed by atoms with van der Waals surface area (Å²) in [6.07, 6.45) is 0. The summed E-state index contributed by atoms with van der Waals surface area (Å²) < 4.78 is 13.8. The van der Waals surface area contributed by atoms with Crippen molar-refractivity contribution >= 4 is 17.3 Å². The van der Waals surface area contributed by atoms with Gasteiger partial charge in [0.15, 0.2) is 5.15 Å². The molecule has 110 valence electrons. The van der Waals surface area contributed by atoms with Crippen LogP contribution in [0, 0.1) is 5.82 Å². The topological polar surface area (TPSA) is 32.3 Å². The van der Waals surface area contributed by atoms with Crippen LogP contribution in [-0.4, -0.2) is 41.3 Å². The Morgan fingerprint density at radius 2 is 1.76 bits per heavy atom. The van der Waals surface area contributed by atoms with Crippen molar-refractivity contribution in [2.24, 2.45) is 0 Å². The van der Waals surface area contributed by atoms with Crippen LogP contribution in [0.1, 0.15) is 5.69 Å². The van der Waals surface area contributed by atoms with Crippen LogP contribution >= 0.6 is 11.6 Å². The first-order chi connectivity index (χ1) is 10.2. The molecule has 1 aliphatic heterocycles. The van der Waals surface area contributed by atoms with Crippen LogP contribution in [0.15, 0.2) is 36.4 Å². The van der Waals surface area contributed by atoms with Crippen molar-refractivity contribution in [3.05, 3.63) is 53.1 Å². The Morgan fingerprint density at radius 1 is 1.00 bits per heavy atom. The van der Waals surface area contributed by atoms with E-state index in [1.807, 2.05) is 18.2 Å². The largest absolute Gasteiger partial charge is 0.367 e. The maximum absolute atomic E-state index is 13.8. The number of piperazine rings is 1.